The summed E-state index contributed by atoms with van der Waals surface area (Å²) in [5, 5.41) is 23.9. The van der Waals surface area contributed by atoms with Crippen molar-refractivity contribution in [3.05, 3.63) is 58.9 Å². The number of aromatic hydroxyl groups is 2. The highest BCUT2D eigenvalue weighted by molar-refractivity contribution is 5.98. The van der Waals surface area contributed by atoms with Crippen LogP contribution in [0.3, 0.4) is 0 Å². The molecule has 0 spiro atoms. The fourth-order valence-corrected chi connectivity index (χ4v) is 2.03. The summed E-state index contributed by atoms with van der Waals surface area (Å²) >= 11 is 0. The van der Waals surface area contributed by atoms with Gasteiger partial charge in [-0.3, -0.25) is 9.59 Å². The molecule has 0 unspecified atom stereocenters. The summed E-state index contributed by atoms with van der Waals surface area (Å²) in [6.07, 6.45) is 0. The Kier molecular flexibility index (Phi) is 4.80. The second-order valence-electron chi connectivity index (χ2n) is 4.74. The van der Waals surface area contributed by atoms with Crippen LogP contribution in [-0.2, 0) is 6.54 Å². The first kappa shape index (κ1) is 16.3. The number of hydrogen-bond acceptors (Lipinski definition) is 4. The van der Waals surface area contributed by atoms with Gasteiger partial charge in [-0.15, -0.1) is 0 Å². The zero-order chi connectivity index (χ0) is 17.0. The molecule has 6 nitrogen and oxygen atoms in total. The van der Waals surface area contributed by atoms with Gasteiger partial charge in [-0.05, 0) is 29.8 Å². The van der Waals surface area contributed by atoms with Crippen molar-refractivity contribution >= 4 is 11.8 Å². The molecule has 0 aliphatic rings. The monoisotopic (exact) mass is 318 g/mol. The molecular formula is C16H15FN2O4. The molecule has 0 fully saturated rings. The number of hydrogen-bond donors (Lipinski definition) is 4. The summed E-state index contributed by atoms with van der Waals surface area (Å²) in [6, 6.07) is 7.65. The Bertz CT molecular complexity index is 762. The molecule has 2 rings (SSSR count). The van der Waals surface area contributed by atoms with Crippen LogP contribution in [0.15, 0.2) is 36.4 Å². The summed E-state index contributed by atoms with van der Waals surface area (Å²) in [7, 11) is 1.42. The van der Waals surface area contributed by atoms with Crippen molar-refractivity contribution in [2.75, 3.05) is 7.05 Å². The Hall–Kier alpha value is -3.09. The zero-order valence-corrected chi connectivity index (χ0v) is 12.3. The van der Waals surface area contributed by atoms with Gasteiger partial charge >= 0.3 is 0 Å². The van der Waals surface area contributed by atoms with Crippen LogP contribution in [0.2, 0.25) is 0 Å². The number of benzene rings is 2. The summed E-state index contributed by atoms with van der Waals surface area (Å²) in [5.41, 5.74) is 0.417. The van der Waals surface area contributed by atoms with Crippen molar-refractivity contribution in [1.82, 2.24) is 10.6 Å². The largest absolute Gasteiger partial charge is 0.504 e. The van der Waals surface area contributed by atoms with Gasteiger partial charge in [-0.1, -0.05) is 12.1 Å². The number of halogens is 1. The molecule has 7 heteroatoms. The van der Waals surface area contributed by atoms with E-state index in [1.807, 2.05) is 0 Å². The normalized spacial score (nSPS) is 10.2. The lowest BCUT2D eigenvalue weighted by molar-refractivity contribution is 0.0937. The van der Waals surface area contributed by atoms with Crippen LogP contribution in [0.5, 0.6) is 11.5 Å². The molecule has 120 valence electrons. The van der Waals surface area contributed by atoms with Gasteiger partial charge in [0.05, 0.1) is 5.56 Å². The van der Waals surface area contributed by atoms with Crippen LogP contribution >= 0.6 is 0 Å². The van der Waals surface area contributed by atoms with Crippen molar-refractivity contribution in [2.24, 2.45) is 0 Å². The van der Waals surface area contributed by atoms with Gasteiger partial charge in [-0.25, -0.2) is 4.39 Å². The highest BCUT2D eigenvalue weighted by Gasteiger charge is 2.16. The van der Waals surface area contributed by atoms with Crippen molar-refractivity contribution < 1.29 is 24.2 Å². The average molecular weight is 318 g/mol. The van der Waals surface area contributed by atoms with Crippen molar-refractivity contribution in [2.45, 2.75) is 6.54 Å². The Morgan fingerprint density at radius 2 is 1.83 bits per heavy atom. The molecule has 4 N–H and O–H groups in total. The molecule has 0 saturated heterocycles. The van der Waals surface area contributed by atoms with E-state index in [0.29, 0.717) is 5.56 Å². The van der Waals surface area contributed by atoms with Gasteiger partial charge in [0.15, 0.2) is 11.5 Å². The molecule has 2 aromatic rings. The molecule has 0 heterocycles. The van der Waals surface area contributed by atoms with E-state index in [-0.39, 0.29) is 17.7 Å². The van der Waals surface area contributed by atoms with Gasteiger partial charge in [-0.2, -0.15) is 0 Å². The second-order valence-corrected chi connectivity index (χ2v) is 4.74. The lowest BCUT2D eigenvalue weighted by Gasteiger charge is -2.11. The van der Waals surface area contributed by atoms with Crippen LogP contribution < -0.4 is 10.6 Å². The smallest absolute Gasteiger partial charge is 0.255 e. The van der Waals surface area contributed by atoms with Crippen molar-refractivity contribution in [1.29, 1.82) is 0 Å². The Balaban J connectivity index is 2.19. The molecule has 0 radical (unpaired) electrons. The Morgan fingerprint density at radius 3 is 2.52 bits per heavy atom. The molecule has 23 heavy (non-hydrogen) atoms. The summed E-state index contributed by atoms with van der Waals surface area (Å²) in [4.78, 5) is 23.8. The first-order valence-corrected chi connectivity index (χ1v) is 6.73. The molecule has 0 saturated carbocycles. The van der Waals surface area contributed by atoms with E-state index in [9.17, 15) is 24.2 Å². The quantitative estimate of drug-likeness (QED) is 0.642. The number of amides is 2. The average Bonchev–Trinajstić information content (AvgIpc) is 2.55. The Labute approximate surface area is 131 Å². The van der Waals surface area contributed by atoms with E-state index in [1.165, 1.54) is 37.4 Å². The van der Waals surface area contributed by atoms with Crippen LogP contribution in [-0.4, -0.2) is 29.1 Å². The predicted molar refractivity (Wildman–Crippen MR) is 80.7 cm³/mol. The molecule has 0 aliphatic heterocycles. The number of phenolic OH excluding ortho intramolecular Hbond substituents is 2. The topological polar surface area (TPSA) is 98.7 Å². The number of para-hydroxylation sites is 1. The van der Waals surface area contributed by atoms with Crippen LogP contribution in [0.4, 0.5) is 4.39 Å². The first-order chi connectivity index (χ1) is 10.9. The van der Waals surface area contributed by atoms with E-state index >= 15 is 0 Å². The maximum atomic E-state index is 13.3. The third-order valence-electron chi connectivity index (χ3n) is 3.24. The molecule has 0 bridgehead atoms. The van der Waals surface area contributed by atoms with Gasteiger partial charge in [0.1, 0.15) is 5.82 Å². The van der Waals surface area contributed by atoms with Crippen LogP contribution in [0, 0.1) is 5.82 Å². The van der Waals surface area contributed by atoms with Crippen LogP contribution in [0.25, 0.3) is 0 Å². The molecule has 2 aromatic carbocycles. The predicted octanol–water partition coefficient (Wildman–Crippen LogP) is 1.53. The first-order valence-electron chi connectivity index (χ1n) is 6.73. The minimum absolute atomic E-state index is 0.0447. The minimum atomic E-state index is -0.634. The summed E-state index contributed by atoms with van der Waals surface area (Å²) in [5.74, 6) is -2.62. The zero-order valence-electron chi connectivity index (χ0n) is 12.3. The van der Waals surface area contributed by atoms with E-state index in [2.05, 4.69) is 10.6 Å². The lowest BCUT2D eigenvalue weighted by atomic mass is 10.1. The Morgan fingerprint density at radius 1 is 1.09 bits per heavy atom. The molecule has 0 aliphatic carbocycles. The summed E-state index contributed by atoms with van der Waals surface area (Å²) in [6.45, 7) is -0.0447. The van der Waals surface area contributed by atoms with Gasteiger partial charge in [0.25, 0.3) is 11.8 Å². The third-order valence-corrected chi connectivity index (χ3v) is 3.24. The fraction of sp³-hybridized carbons (Fsp3) is 0.125. The number of carbonyl (C=O) groups is 2. The van der Waals surface area contributed by atoms with Gasteiger partial charge < -0.3 is 20.8 Å². The van der Waals surface area contributed by atoms with Crippen molar-refractivity contribution in [3.63, 3.8) is 0 Å². The summed E-state index contributed by atoms with van der Waals surface area (Å²) < 4.78 is 13.3. The maximum Gasteiger partial charge on any atom is 0.255 e. The number of rotatable bonds is 4. The second kappa shape index (κ2) is 6.78. The van der Waals surface area contributed by atoms with E-state index < -0.39 is 29.1 Å². The highest BCUT2D eigenvalue weighted by atomic mass is 19.1. The van der Waals surface area contributed by atoms with E-state index in [4.69, 9.17) is 0 Å². The van der Waals surface area contributed by atoms with Crippen LogP contribution in [0.1, 0.15) is 26.3 Å². The molecule has 0 aromatic heterocycles. The van der Waals surface area contributed by atoms with E-state index in [0.717, 1.165) is 6.07 Å². The van der Waals surface area contributed by atoms with Crippen molar-refractivity contribution in [3.8, 4) is 11.5 Å². The minimum Gasteiger partial charge on any atom is -0.504 e. The third kappa shape index (κ3) is 3.57. The van der Waals surface area contributed by atoms with Gasteiger partial charge in [0, 0.05) is 19.2 Å². The van der Waals surface area contributed by atoms with Gasteiger partial charge in [0.2, 0.25) is 0 Å². The molecule has 0 atom stereocenters. The SMILES string of the molecule is CNC(=O)c1cc(F)ccc1CNC(=O)c1cccc(O)c1O. The number of carbonyl (C=O) groups excluding carboxylic acids is 2. The lowest BCUT2D eigenvalue weighted by Crippen LogP contribution is -2.26. The number of phenols is 2. The number of nitrogens with one attached hydrogen (secondary N) is 2. The van der Waals surface area contributed by atoms with E-state index in [1.54, 1.807) is 0 Å². The standard InChI is InChI=1S/C16H15FN2O4/c1-18-15(22)12-7-10(17)6-5-9(12)8-19-16(23)11-3-2-4-13(20)14(11)21/h2-7,20-21H,8H2,1H3,(H,18,22)(H,19,23). The molecule has 2 amide bonds. The highest BCUT2D eigenvalue weighted by Crippen LogP contribution is 2.28. The molecular weight excluding hydrogens is 303 g/mol. The fourth-order valence-electron chi connectivity index (χ4n) is 2.03. The maximum absolute atomic E-state index is 13.3.